The lowest BCUT2D eigenvalue weighted by Crippen LogP contribution is -2.13. The lowest BCUT2D eigenvalue weighted by atomic mass is 9.87. The standard InChI is InChI=1S/C12H17NO2/c1-12(2,3)10-6-4-9(5-7-10)8-15-11(13)14/h4-7H,8H2,1-3H3,(H2,13,14). The van der Waals surface area contributed by atoms with Gasteiger partial charge < -0.3 is 10.5 Å². The third-order valence-electron chi connectivity index (χ3n) is 2.20. The van der Waals surface area contributed by atoms with E-state index < -0.39 is 6.09 Å². The Kier molecular flexibility index (Phi) is 3.35. The van der Waals surface area contributed by atoms with Crippen molar-refractivity contribution in [1.82, 2.24) is 0 Å². The molecule has 0 heterocycles. The van der Waals surface area contributed by atoms with Crippen molar-refractivity contribution in [3.63, 3.8) is 0 Å². The highest BCUT2D eigenvalue weighted by Gasteiger charge is 2.12. The molecule has 3 heteroatoms. The van der Waals surface area contributed by atoms with Crippen molar-refractivity contribution in [3.05, 3.63) is 35.4 Å². The summed E-state index contributed by atoms with van der Waals surface area (Å²) < 4.78 is 4.69. The van der Waals surface area contributed by atoms with Crippen LogP contribution in [0.3, 0.4) is 0 Å². The van der Waals surface area contributed by atoms with Gasteiger partial charge in [0.05, 0.1) is 0 Å². The summed E-state index contributed by atoms with van der Waals surface area (Å²) in [6, 6.07) is 7.98. The first-order valence-corrected chi connectivity index (χ1v) is 4.91. The van der Waals surface area contributed by atoms with E-state index in [2.05, 4.69) is 20.8 Å². The van der Waals surface area contributed by atoms with Gasteiger partial charge in [0.15, 0.2) is 0 Å². The maximum atomic E-state index is 10.4. The molecule has 1 amide bonds. The molecule has 0 fully saturated rings. The van der Waals surface area contributed by atoms with E-state index in [-0.39, 0.29) is 12.0 Å². The van der Waals surface area contributed by atoms with Crippen LogP contribution in [0.25, 0.3) is 0 Å². The summed E-state index contributed by atoms with van der Waals surface area (Å²) in [7, 11) is 0. The van der Waals surface area contributed by atoms with Crippen LogP contribution in [0.15, 0.2) is 24.3 Å². The van der Waals surface area contributed by atoms with Crippen LogP contribution in [0.5, 0.6) is 0 Å². The third kappa shape index (κ3) is 3.62. The molecule has 0 saturated carbocycles. The van der Waals surface area contributed by atoms with E-state index in [0.29, 0.717) is 0 Å². The quantitative estimate of drug-likeness (QED) is 0.810. The molecular formula is C12H17NO2. The van der Waals surface area contributed by atoms with Crippen molar-refractivity contribution in [2.24, 2.45) is 5.73 Å². The molecule has 0 atom stereocenters. The summed E-state index contributed by atoms with van der Waals surface area (Å²) in [5.41, 5.74) is 7.22. The van der Waals surface area contributed by atoms with Gasteiger partial charge in [-0.15, -0.1) is 0 Å². The molecule has 15 heavy (non-hydrogen) atoms. The van der Waals surface area contributed by atoms with Gasteiger partial charge in [0, 0.05) is 0 Å². The number of carbonyl (C=O) groups is 1. The van der Waals surface area contributed by atoms with Gasteiger partial charge in [-0.3, -0.25) is 0 Å². The fourth-order valence-electron chi connectivity index (χ4n) is 1.26. The first kappa shape index (κ1) is 11.6. The first-order valence-electron chi connectivity index (χ1n) is 4.91. The Labute approximate surface area is 90.2 Å². The van der Waals surface area contributed by atoms with Gasteiger partial charge in [0.1, 0.15) is 6.61 Å². The van der Waals surface area contributed by atoms with Crippen molar-refractivity contribution in [2.45, 2.75) is 32.8 Å². The SMILES string of the molecule is CC(C)(C)c1ccc(COC(N)=O)cc1. The lowest BCUT2D eigenvalue weighted by molar-refractivity contribution is 0.150. The molecule has 1 aromatic carbocycles. The topological polar surface area (TPSA) is 52.3 Å². The highest BCUT2D eigenvalue weighted by Crippen LogP contribution is 2.22. The highest BCUT2D eigenvalue weighted by atomic mass is 16.5. The van der Waals surface area contributed by atoms with Crippen molar-refractivity contribution >= 4 is 6.09 Å². The third-order valence-corrected chi connectivity index (χ3v) is 2.20. The fraction of sp³-hybridized carbons (Fsp3) is 0.417. The minimum absolute atomic E-state index is 0.142. The Balaban J connectivity index is 2.69. The summed E-state index contributed by atoms with van der Waals surface area (Å²) in [6.45, 7) is 6.70. The number of ether oxygens (including phenoxy) is 1. The van der Waals surface area contributed by atoms with Crippen LogP contribution in [-0.4, -0.2) is 6.09 Å². The normalized spacial score (nSPS) is 11.1. The van der Waals surface area contributed by atoms with Gasteiger partial charge >= 0.3 is 6.09 Å². The second-order valence-corrected chi connectivity index (χ2v) is 4.55. The van der Waals surface area contributed by atoms with E-state index >= 15 is 0 Å². The summed E-state index contributed by atoms with van der Waals surface area (Å²) in [5.74, 6) is 0. The molecule has 82 valence electrons. The zero-order chi connectivity index (χ0) is 11.5. The minimum atomic E-state index is -0.741. The molecule has 0 aromatic heterocycles. The van der Waals surface area contributed by atoms with Gasteiger partial charge in [0.2, 0.25) is 0 Å². The molecule has 0 saturated heterocycles. The minimum Gasteiger partial charge on any atom is -0.445 e. The van der Waals surface area contributed by atoms with Crippen LogP contribution in [0.4, 0.5) is 4.79 Å². The largest absolute Gasteiger partial charge is 0.445 e. The Bertz CT molecular complexity index is 336. The number of hydrogen-bond donors (Lipinski definition) is 1. The maximum Gasteiger partial charge on any atom is 0.404 e. The molecule has 0 spiro atoms. The zero-order valence-electron chi connectivity index (χ0n) is 9.41. The van der Waals surface area contributed by atoms with E-state index in [1.807, 2.05) is 24.3 Å². The zero-order valence-corrected chi connectivity index (χ0v) is 9.41. The second kappa shape index (κ2) is 4.34. The van der Waals surface area contributed by atoms with Crippen molar-refractivity contribution < 1.29 is 9.53 Å². The number of carbonyl (C=O) groups excluding carboxylic acids is 1. The van der Waals surface area contributed by atoms with E-state index in [9.17, 15) is 4.79 Å². The maximum absolute atomic E-state index is 10.4. The molecule has 1 rings (SSSR count). The summed E-state index contributed by atoms with van der Waals surface area (Å²) in [6.07, 6.45) is -0.741. The lowest BCUT2D eigenvalue weighted by Gasteiger charge is -2.19. The number of nitrogens with two attached hydrogens (primary N) is 1. The molecule has 0 unspecified atom stereocenters. The fourth-order valence-corrected chi connectivity index (χ4v) is 1.26. The number of amides is 1. The van der Waals surface area contributed by atoms with Crippen LogP contribution in [0, 0.1) is 0 Å². The molecular weight excluding hydrogens is 190 g/mol. The number of primary amides is 1. The molecule has 2 N–H and O–H groups in total. The molecule has 0 bridgehead atoms. The average molecular weight is 207 g/mol. The van der Waals surface area contributed by atoms with E-state index in [0.717, 1.165) is 5.56 Å². The summed E-state index contributed by atoms with van der Waals surface area (Å²) in [5, 5.41) is 0. The van der Waals surface area contributed by atoms with Crippen molar-refractivity contribution in [3.8, 4) is 0 Å². The highest BCUT2D eigenvalue weighted by molar-refractivity contribution is 5.64. The second-order valence-electron chi connectivity index (χ2n) is 4.55. The van der Waals surface area contributed by atoms with E-state index in [1.54, 1.807) is 0 Å². The molecule has 0 radical (unpaired) electrons. The Morgan fingerprint density at radius 3 is 2.20 bits per heavy atom. The molecule has 3 nitrogen and oxygen atoms in total. The Morgan fingerprint density at radius 2 is 1.80 bits per heavy atom. The van der Waals surface area contributed by atoms with Gasteiger partial charge in [0.25, 0.3) is 0 Å². The van der Waals surface area contributed by atoms with Crippen molar-refractivity contribution in [2.75, 3.05) is 0 Å². The average Bonchev–Trinajstić information content (AvgIpc) is 2.14. The van der Waals surface area contributed by atoms with Gasteiger partial charge in [-0.1, -0.05) is 45.0 Å². The monoisotopic (exact) mass is 207 g/mol. The van der Waals surface area contributed by atoms with E-state index in [4.69, 9.17) is 10.5 Å². The van der Waals surface area contributed by atoms with Gasteiger partial charge in [-0.05, 0) is 16.5 Å². The summed E-state index contributed by atoms with van der Waals surface area (Å²) >= 11 is 0. The van der Waals surface area contributed by atoms with Gasteiger partial charge in [-0.25, -0.2) is 4.79 Å². The molecule has 1 aromatic rings. The molecule has 0 aliphatic carbocycles. The van der Waals surface area contributed by atoms with Crippen LogP contribution in [0.2, 0.25) is 0 Å². The molecule has 0 aliphatic rings. The number of hydrogen-bond acceptors (Lipinski definition) is 2. The smallest absolute Gasteiger partial charge is 0.404 e. The van der Waals surface area contributed by atoms with Crippen LogP contribution in [-0.2, 0) is 16.8 Å². The molecule has 0 aliphatic heterocycles. The predicted octanol–water partition coefficient (Wildman–Crippen LogP) is 2.58. The van der Waals surface area contributed by atoms with E-state index in [1.165, 1.54) is 5.56 Å². The number of rotatable bonds is 2. The summed E-state index contributed by atoms with van der Waals surface area (Å²) in [4.78, 5) is 10.4. The number of benzene rings is 1. The predicted molar refractivity (Wildman–Crippen MR) is 59.5 cm³/mol. The van der Waals surface area contributed by atoms with Crippen LogP contribution < -0.4 is 5.73 Å². The Morgan fingerprint density at radius 1 is 1.27 bits per heavy atom. The Hall–Kier alpha value is -1.51. The van der Waals surface area contributed by atoms with Crippen LogP contribution in [0.1, 0.15) is 31.9 Å². The first-order chi connectivity index (χ1) is 6.89. The van der Waals surface area contributed by atoms with Crippen LogP contribution >= 0.6 is 0 Å². The van der Waals surface area contributed by atoms with Gasteiger partial charge in [-0.2, -0.15) is 0 Å². The van der Waals surface area contributed by atoms with Crippen molar-refractivity contribution in [1.29, 1.82) is 0 Å².